The molecule has 1 aliphatic heterocycles. The molecule has 1 saturated carbocycles. The van der Waals surface area contributed by atoms with Gasteiger partial charge in [0.05, 0.1) is 20.1 Å². The van der Waals surface area contributed by atoms with Crippen LogP contribution >= 0.6 is 11.8 Å². The number of aryl methyl sites for hydroxylation is 1. The number of carbonyl (C=O) groups is 2. The standard InChI is InChI=1S/C27H34N8O4S/c1-17-16-21(33-32-17)29-24-23(39-3)25(35-13-11-34(12-14-35)22(36)10-15-38-2)31-27(30-24)40-20-8-6-19(7-9-20)28-26(37)18-4-5-18/h6-9,16,18H,4-5,10-15H2,1-3H3,(H,28,37)(H2,29,30,31,32,33). The molecule has 2 amide bonds. The van der Waals surface area contributed by atoms with E-state index in [1.807, 2.05) is 42.2 Å². The first-order chi connectivity index (χ1) is 19.4. The molecule has 0 atom stereocenters. The van der Waals surface area contributed by atoms with E-state index in [4.69, 9.17) is 19.4 Å². The first-order valence-electron chi connectivity index (χ1n) is 13.3. The van der Waals surface area contributed by atoms with Crippen LogP contribution in [-0.4, -0.2) is 83.9 Å². The summed E-state index contributed by atoms with van der Waals surface area (Å²) in [6, 6.07) is 9.54. The molecule has 1 aliphatic carbocycles. The van der Waals surface area contributed by atoms with E-state index in [2.05, 4.69) is 25.7 Å². The van der Waals surface area contributed by atoms with Gasteiger partial charge in [-0.2, -0.15) is 5.10 Å². The molecule has 2 fully saturated rings. The molecule has 2 aromatic heterocycles. The second-order valence-electron chi connectivity index (χ2n) is 9.77. The lowest BCUT2D eigenvalue weighted by molar-refractivity contribution is -0.132. The third kappa shape index (κ3) is 6.83. The number of methoxy groups -OCH3 is 2. The first-order valence-corrected chi connectivity index (χ1v) is 14.1. The molecule has 3 aromatic rings. The number of ether oxygens (including phenoxy) is 2. The van der Waals surface area contributed by atoms with Gasteiger partial charge in [0.1, 0.15) is 0 Å². The number of piperazine rings is 1. The predicted molar refractivity (Wildman–Crippen MR) is 152 cm³/mol. The fourth-order valence-corrected chi connectivity index (χ4v) is 5.12. The van der Waals surface area contributed by atoms with Gasteiger partial charge in [0.25, 0.3) is 0 Å². The van der Waals surface area contributed by atoms with Gasteiger partial charge >= 0.3 is 0 Å². The molecule has 0 bridgehead atoms. The maximum atomic E-state index is 12.5. The van der Waals surface area contributed by atoms with Gasteiger partial charge in [-0.3, -0.25) is 14.7 Å². The van der Waals surface area contributed by atoms with Gasteiger partial charge in [0, 0.05) is 61.5 Å². The van der Waals surface area contributed by atoms with Crippen molar-refractivity contribution in [2.45, 2.75) is 36.2 Å². The van der Waals surface area contributed by atoms with Gasteiger partial charge in [-0.25, -0.2) is 9.97 Å². The predicted octanol–water partition coefficient (Wildman–Crippen LogP) is 3.45. The Morgan fingerprint density at radius 2 is 1.85 bits per heavy atom. The van der Waals surface area contributed by atoms with Crippen molar-refractivity contribution in [3.05, 3.63) is 36.0 Å². The van der Waals surface area contributed by atoms with E-state index in [9.17, 15) is 9.59 Å². The van der Waals surface area contributed by atoms with Crippen LogP contribution in [0.25, 0.3) is 0 Å². The van der Waals surface area contributed by atoms with Gasteiger partial charge in [0.2, 0.25) is 17.6 Å². The largest absolute Gasteiger partial charge is 0.490 e. The number of aromatic nitrogens is 4. The molecule has 0 unspecified atom stereocenters. The van der Waals surface area contributed by atoms with Crippen LogP contribution in [-0.2, 0) is 14.3 Å². The zero-order chi connectivity index (χ0) is 28.1. The first kappa shape index (κ1) is 27.7. The Labute approximate surface area is 237 Å². The van der Waals surface area contributed by atoms with Crippen molar-refractivity contribution < 1.29 is 19.1 Å². The number of aromatic amines is 1. The van der Waals surface area contributed by atoms with E-state index in [1.54, 1.807) is 14.2 Å². The van der Waals surface area contributed by atoms with E-state index in [0.717, 1.165) is 29.1 Å². The van der Waals surface area contributed by atoms with Crippen molar-refractivity contribution in [2.75, 3.05) is 62.5 Å². The second kappa shape index (κ2) is 12.6. The average Bonchev–Trinajstić information content (AvgIpc) is 3.74. The van der Waals surface area contributed by atoms with Gasteiger partial charge < -0.3 is 29.9 Å². The summed E-state index contributed by atoms with van der Waals surface area (Å²) in [5.74, 6) is 2.56. The molecule has 5 rings (SSSR count). The minimum absolute atomic E-state index is 0.0772. The van der Waals surface area contributed by atoms with Crippen LogP contribution in [0.3, 0.4) is 0 Å². The number of carbonyl (C=O) groups excluding carboxylic acids is 2. The number of anilines is 4. The molecule has 212 valence electrons. The molecule has 0 spiro atoms. The summed E-state index contributed by atoms with van der Waals surface area (Å²) in [6.07, 6.45) is 2.29. The third-order valence-corrected chi connectivity index (χ3v) is 7.59. The molecule has 2 aliphatic rings. The van der Waals surface area contributed by atoms with Crippen molar-refractivity contribution in [3.63, 3.8) is 0 Å². The minimum Gasteiger partial charge on any atom is -0.490 e. The van der Waals surface area contributed by atoms with Gasteiger partial charge in [-0.15, -0.1) is 0 Å². The van der Waals surface area contributed by atoms with Crippen molar-refractivity contribution in [3.8, 4) is 5.75 Å². The molecule has 40 heavy (non-hydrogen) atoms. The number of nitrogens with zero attached hydrogens (tertiary/aromatic N) is 5. The average molecular weight is 567 g/mol. The van der Waals surface area contributed by atoms with Gasteiger partial charge in [-0.05, 0) is 55.8 Å². The van der Waals surface area contributed by atoms with E-state index >= 15 is 0 Å². The number of hydrogen-bond donors (Lipinski definition) is 3. The Kier molecular flexibility index (Phi) is 8.70. The van der Waals surface area contributed by atoms with Crippen molar-refractivity contribution >= 4 is 46.7 Å². The molecule has 3 heterocycles. The van der Waals surface area contributed by atoms with Crippen LogP contribution in [0.15, 0.2) is 40.4 Å². The number of amides is 2. The van der Waals surface area contributed by atoms with E-state index < -0.39 is 0 Å². The Balaban J connectivity index is 1.37. The Morgan fingerprint density at radius 1 is 1.10 bits per heavy atom. The van der Waals surface area contributed by atoms with Crippen LogP contribution in [0, 0.1) is 12.8 Å². The third-order valence-electron chi connectivity index (χ3n) is 6.71. The number of rotatable bonds is 11. The van der Waals surface area contributed by atoms with E-state index in [0.29, 0.717) is 67.6 Å². The molecule has 0 radical (unpaired) electrons. The maximum Gasteiger partial charge on any atom is 0.227 e. The lowest BCUT2D eigenvalue weighted by Gasteiger charge is -2.36. The summed E-state index contributed by atoms with van der Waals surface area (Å²) in [4.78, 5) is 39.1. The van der Waals surface area contributed by atoms with Crippen LogP contribution < -0.4 is 20.3 Å². The summed E-state index contributed by atoms with van der Waals surface area (Å²) in [6.45, 7) is 4.70. The van der Waals surface area contributed by atoms with Crippen molar-refractivity contribution in [1.82, 2.24) is 25.1 Å². The number of hydrogen-bond acceptors (Lipinski definition) is 10. The second-order valence-corrected chi connectivity index (χ2v) is 10.8. The Morgan fingerprint density at radius 3 is 2.48 bits per heavy atom. The topological polar surface area (TPSA) is 138 Å². The van der Waals surface area contributed by atoms with Gasteiger partial charge in [-0.1, -0.05) is 0 Å². The lowest BCUT2D eigenvalue weighted by Crippen LogP contribution is -2.49. The van der Waals surface area contributed by atoms with Crippen LogP contribution in [0.1, 0.15) is 25.0 Å². The van der Waals surface area contributed by atoms with E-state index in [-0.39, 0.29) is 17.7 Å². The van der Waals surface area contributed by atoms with Crippen molar-refractivity contribution in [1.29, 1.82) is 0 Å². The maximum absolute atomic E-state index is 12.5. The highest BCUT2D eigenvalue weighted by Crippen LogP contribution is 2.38. The SMILES string of the molecule is COCCC(=O)N1CCN(c2nc(Sc3ccc(NC(=O)C4CC4)cc3)nc(Nc3cc(C)[nH]n3)c2OC)CC1. The number of nitrogens with one attached hydrogen (secondary N) is 3. The van der Waals surface area contributed by atoms with Crippen LogP contribution in [0.4, 0.5) is 23.1 Å². The summed E-state index contributed by atoms with van der Waals surface area (Å²) in [5.41, 5.74) is 1.68. The monoisotopic (exact) mass is 566 g/mol. The fraction of sp³-hybridized carbons (Fsp3) is 0.444. The fourth-order valence-electron chi connectivity index (χ4n) is 4.37. The smallest absolute Gasteiger partial charge is 0.227 e. The summed E-state index contributed by atoms with van der Waals surface area (Å²) in [5, 5.41) is 14.0. The number of benzene rings is 1. The normalized spacial score (nSPS) is 15.2. The highest BCUT2D eigenvalue weighted by molar-refractivity contribution is 7.99. The highest BCUT2D eigenvalue weighted by Gasteiger charge is 2.30. The molecular formula is C27H34N8O4S. The van der Waals surface area contributed by atoms with Crippen LogP contribution in [0.5, 0.6) is 5.75 Å². The van der Waals surface area contributed by atoms with E-state index in [1.165, 1.54) is 11.8 Å². The number of H-pyrrole nitrogens is 1. The van der Waals surface area contributed by atoms with Crippen LogP contribution in [0.2, 0.25) is 0 Å². The molecule has 13 heteroatoms. The lowest BCUT2D eigenvalue weighted by atomic mass is 10.2. The summed E-state index contributed by atoms with van der Waals surface area (Å²) >= 11 is 1.41. The summed E-state index contributed by atoms with van der Waals surface area (Å²) < 4.78 is 10.9. The highest BCUT2D eigenvalue weighted by atomic mass is 32.2. The Hall–Kier alpha value is -3.84. The quantitative estimate of drug-likeness (QED) is 0.296. The molecule has 3 N–H and O–H groups in total. The molecule has 1 saturated heterocycles. The molecule has 1 aromatic carbocycles. The summed E-state index contributed by atoms with van der Waals surface area (Å²) in [7, 11) is 3.19. The molecular weight excluding hydrogens is 532 g/mol. The Bertz CT molecular complexity index is 1340. The van der Waals surface area contributed by atoms with Crippen molar-refractivity contribution in [2.24, 2.45) is 5.92 Å². The zero-order valence-corrected chi connectivity index (χ0v) is 23.7. The van der Waals surface area contributed by atoms with Gasteiger partial charge in [0.15, 0.2) is 22.6 Å². The zero-order valence-electron chi connectivity index (χ0n) is 22.9. The minimum atomic E-state index is 0.0772. The molecule has 12 nitrogen and oxygen atoms in total.